The van der Waals surface area contributed by atoms with E-state index >= 15 is 0 Å². The van der Waals surface area contributed by atoms with Crippen LogP contribution in [0.4, 0.5) is 4.39 Å². The molecule has 0 bridgehead atoms. The Hall–Kier alpha value is -3.15. The zero-order chi connectivity index (χ0) is 17.1. The van der Waals surface area contributed by atoms with E-state index < -0.39 is 5.82 Å². The lowest BCUT2D eigenvalue weighted by Gasteiger charge is -2.12. The fraction of sp³-hybridized carbons (Fsp3) is 0.111. The second-order valence-corrected chi connectivity index (χ2v) is 5.13. The van der Waals surface area contributed by atoms with Crippen LogP contribution in [-0.4, -0.2) is 23.4 Å². The number of halogens is 1. The lowest BCUT2D eigenvalue weighted by Crippen LogP contribution is -2.00. The second-order valence-electron chi connectivity index (χ2n) is 5.13. The molecule has 2 aromatic carbocycles. The van der Waals surface area contributed by atoms with Gasteiger partial charge in [-0.3, -0.25) is 0 Å². The molecule has 0 aliphatic heterocycles. The lowest BCUT2D eigenvalue weighted by molar-refractivity contribution is 0.292. The summed E-state index contributed by atoms with van der Waals surface area (Å²) in [6.45, 7) is 0.208. The van der Waals surface area contributed by atoms with E-state index in [1.165, 1.54) is 18.2 Å². The summed E-state index contributed by atoms with van der Waals surface area (Å²) in [6, 6.07) is 11.4. The van der Waals surface area contributed by atoms with Crippen molar-refractivity contribution in [2.24, 2.45) is 0 Å². The number of benzene rings is 2. The van der Waals surface area contributed by atoms with Crippen LogP contribution in [0.5, 0.6) is 17.5 Å². The second kappa shape index (κ2) is 6.54. The molecule has 0 aliphatic rings. The van der Waals surface area contributed by atoms with Crippen LogP contribution in [0.25, 0.3) is 10.8 Å². The quantitative estimate of drug-likeness (QED) is 0.702. The Kier molecular flexibility index (Phi) is 4.29. The van der Waals surface area contributed by atoms with Crippen LogP contribution < -0.4 is 9.47 Å². The molecule has 2 N–H and O–H groups in total. The Balaban J connectivity index is 1.98. The van der Waals surface area contributed by atoms with Crippen molar-refractivity contribution in [3.8, 4) is 17.5 Å². The predicted molar refractivity (Wildman–Crippen MR) is 88.6 cm³/mol. The molecular weight excluding hydrogens is 311 g/mol. The maximum Gasteiger partial charge on any atom is 0.225 e. The lowest BCUT2D eigenvalue weighted by atomic mass is 10.1. The number of fused-ring (bicyclic) bond motifs is 1. The number of hydrogen-bond acceptors (Lipinski definition) is 5. The Morgan fingerprint density at radius 3 is 2.79 bits per heavy atom. The van der Waals surface area contributed by atoms with Gasteiger partial charge in [-0.05, 0) is 35.9 Å². The molecule has 3 aromatic rings. The number of methoxy groups -OCH3 is 1. The number of aromatic hydroxyl groups is 1. The van der Waals surface area contributed by atoms with Gasteiger partial charge >= 0.3 is 0 Å². The summed E-state index contributed by atoms with van der Waals surface area (Å²) in [5.41, 5.74) is 1.01. The van der Waals surface area contributed by atoms with Gasteiger partial charge in [0.05, 0.1) is 12.7 Å². The smallest absolute Gasteiger partial charge is 0.225 e. The highest BCUT2D eigenvalue weighted by Gasteiger charge is 2.14. The van der Waals surface area contributed by atoms with Gasteiger partial charge in [0.15, 0.2) is 0 Å². The van der Waals surface area contributed by atoms with Gasteiger partial charge in [0.2, 0.25) is 11.8 Å². The molecule has 6 heteroatoms. The minimum atomic E-state index is -0.463. The third kappa shape index (κ3) is 2.99. The van der Waals surface area contributed by atoms with Crippen LogP contribution in [0.1, 0.15) is 11.1 Å². The number of aromatic nitrogens is 1. The molecule has 0 aliphatic carbocycles. The molecule has 0 spiro atoms. The number of pyridine rings is 1. The van der Waals surface area contributed by atoms with Crippen LogP contribution in [0.15, 0.2) is 42.5 Å². The van der Waals surface area contributed by atoms with Gasteiger partial charge in [0, 0.05) is 17.0 Å². The number of hydrogen-bond donors (Lipinski definition) is 2. The zero-order valence-electron chi connectivity index (χ0n) is 12.9. The fourth-order valence-electron chi connectivity index (χ4n) is 2.43. The first kappa shape index (κ1) is 15.7. The molecule has 1 heterocycles. The molecule has 0 atom stereocenters. The van der Waals surface area contributed by atoms with Crippen LogP contribution >= 0.6 is 0 Å². The molecule has 1 aromatic heterocycles. The van der Waals surface area contributed by atoms with E-state index in [4.69, 9.17) is 14.9 Å². The summed E-state index contributed by atoms with van der Waals surface area (Å²) >= 11 is 0. The summed E-state index contributed by atoms with van der Waals surface area (Å²) < 4.78 is 24.4. The molecule has 3 rings (SSSR count). The van der Waals surface area contributed by atoms with Crippen LogP contribution in [0, 0.1) is 11.2 Å². The zero-order valence-corrected chi connectivity index (χ0v) is 12.9. The molecule has 24 heavy (non-hydrogen) atoms. The summed E-state index contributed by atoms with van der Waals surface area (Å²) in [5, 5.41) is 18.3. The van der Waals surface area contributed by atoms with Crippen molar-refractivity contribution < 1.29 is 19.0 Å². The largest absolute Gasteiger partial charge is 0.497 e. The molecule has 0 amide bonds. The van der Waals surface area contributed by atoms with E-state index in [1.807, 2.05) is 24.3 Å². The van der Waals surface area contributed by atoms with Crippen molar-refractivity contribution in [2.45, 2.75) is 6.61 Å². The Labute approximate surface area is 137 Å². The highest BCUT2D eigenvalue weighted by molar-refractivity contribution is 6.02. The first-order valence-electron chi connectivity index (χ1n) is 7.21. The van der Waals surface area contributed by atoms with Crippen molar-refractivity contribution in [3.05, 3.63) is 59.4 Å². The van der Waals surface area contributed by atoms with Gasteiger partial charge in [0.1, 0.15) is 18.2 Å². The van der Waals surface area contributed by atoms with E-state index in [-0.39, 0.29) is 23.9 Å². The third-order valence-corrected chi connectivity index (χ3v) is 3.60. The maximum atomic E-state index is 13.5. The van der Waals surface area contributed by atoms with Crippen LogP contribution in [0.2, 0.25) is 0 Å². The molecule has 0 fully saturated rings. The third-order valence-electron chi connectivity index (χ3n) is 3.60. The molecule has 0 saturated carbocycles. The van der Waals surface area contributed by atoms with Gasteiger partial charge in [-0.1, -0.05) is 12.1 Å². The van der Waals surface area contributed by atoms with E-state index in [2.05, 4.69) is 4.98 Å². The minimum absolute atomic E-state index is 0.151. The molecule has 122 valence electrons. The van der Waals surface area contributed by atoms with Crippen molar-refractivity contribution in [1.82, 2.24) is 4.98 Å². The number of ether oxygens (including phenoxy) is 2. The average molecular weight is 326 g/mol. The Morgan fingerprint density at radius 1 is 1.21 bits per heavy atom. The Morgan fingerprint density at radius 2 is 2.04 bits per heavy atom. The van der Waals surface area contributed by atoms with E-state index in [0.29, 0.717) is 16.5 Å². The first-order valence-corrected chi connectivity index (χ1v) is 7.21. The monoisotopic (exact) mass is 326 g/mol. The summed E-state index contributed by atoms with van der Waals surface area (Å²) in [6.07, 6.45) is 0.940. The Bertz CT molecular complexity index is 912. The topological polar surface area (TPSA) is 75.4 Å². The molecule has 0 saturated heterocycles. The van der Waals surface area contributed by atoms with Crippen molar-refractivity contribution in [1.29, 1.82) is 5.41 Å². The molecule has 0 unspecified atom stereocenters. The fourth-order valence-corrected chi connectivity index (χ4v) is 2.43. The van der Waals surface area contributed by atoms with Gasteiger partial charge in [-0.25, -0.2) is 4.39 Å². The SMILES string of the molecule is COc1cccc(COc2nc(O)c(C=N)c3cc(F)ccc23)c1. The van der Waals surface area contributed by atoms with E-state index in [1.54, 1.807) is 7.11 Å². The van der Waals surface area contributed by atoms with Gasteiger partial charge in [0.25, 0.3) is 0 Å². The summed E-state index contributed by atoms with van der Waals surface area (Å²) in [4.78, 5) is 3.99. The number of nitrogens with zero attached hydrogens (tertiary/aromatic N) is 1. The number of rotatable bonds is 5. The molecule has 5 nitrogen and oxygen atoms in total. The maximum absolute atomic E-state index is 13.5. The highest BCUT2D eigenvalue weighted by Crippen LogP contribution is 2.32. The predicted octanol–water partition coefficient (Wildman–Crippen LogP) is 3.66. The van der Waals surface area contributed by atoms with Gasteiger partial charge in [-0.15, -0.1) is 0 Å². The molecular formula is C18H15FN2O3. The van der Waals surface area contributed by atoms with E-state index in [9.17, 15) is 9.50 Å². The van der Waals surface area contributed by atoms with Crippen molar-refractivity contribution >= 4 is 17.0 Å². The van der Waals surface area contributed by atoms with Gasteiger partial charge < -0.3 is 20.0 Å². The summed E-state index contributed by atoms with van der Waals surface area (Å²) in [7, 11) is 1.58. The normalized spacial score (nSPS) is 10.6. The van der Waals surface area contributed by atoms with Crippen LogP contribution in [0.3, 0.4) is 0 Å². The summed E-state index contributed by atoms with van der Waals surface area (Å²) in [5.74, 6) is 0.0487. The highest BCUT2D eigenvalue weighted by atomic mass is 19.1. The average Bonchev–Trinajstić information content (AvgIpc) is 2.59. The van der Waals surface area contributed by atoms with Crippen LogP contribution in [-0.2, 0) is 6.61 Å². The van der Waals surface area contributed by atoms with Gasteiger partial charge in [-0.2, -0.15) is 4.98 Å². The standard InChI is InChI=1S/C18H15FN2O3/c1-23-13-4-2-3-11(7-13)10-24-18-14-6-5-12(19)8-15(14)16(9-20)17(22)21-18/h2-9,20H,10H2,1H3,(H,21,22). The van der Waals surface area contributed by atoms with Crippen molar-refractivity contribution in [2.75, 3.05) is 7.11 Å². The minimum Gasteiger partial charge on any atom is -0.497 e. The molecule has 0 radical (unpaired) electrons. The van der Waals surface area contributed by atoms with E-state index in [0.717, 1.165) is 11.8 Å². The first-order chi connectivity index (χ1) is 11.6. The number of nitrogens with one attached hydrogen (secondary N) is 1. The van der Waals surface area contributed by atoms with Crippen molar-refractivity contribution in [3.63, 3.8) is 0 Å².